The van der Waals surface area contributed by atoms with Gasteiger partial charge >= 0.3 is 5.97 Å². The van der Waals surface area contributed by atoms with Crippen LogP contribution in [-0.4, -0.2) is 37.9 Å². The average Bonchev–Trinajstić information content (AvgIpc) is 2.85. The van der Waals surface area contributed by atoms with Crippen molar-refractivity contribution in [3.8, 4) is 0 Å². The number of rotatable bonds is 9. The smallest absolute Gasteiger partial charge is 0.328 e. The van der Waals surface area contributed by atoms with E-state index in [1.54, 1.807) is 48.5 Å². The lowest BCUT2D eigenvalue weighted by molar-refractivity contribution is -0.146. The van der Waals surface area contributed by atoms with E-state index < -0.39 is 24.0 Å². The lowest BCUT2D eigenvalue weighted by Crippen LogP contribution is -2.45. The van der Waals surface area contributed by atoms with Gasteiger partial charge in [0.1, 0.15) is 6.04 Å². The molecule has 0 bridgehead atoms. The molecule has 1 N–H and O–H groups in total. The van der Waals surface area contributed by atoms with Crippen LogP contribution in [0.3, 0.4) is 0 Å². The molecule has 3 aromatic rings. The zero-order valence-corrected chi connectivity index (χ0v) is 18.0. The lowest BCUT2D eigenvalue weighted by Gasteiger charge is -2.21. The van der Waals surface area contributed by atoms with Crippen LogP contribution < -0.4 is 5.32 Å². The van der Waals surface area contributed by atoms with Crippen LogP contribution in [-0.2, 0) is 25.5 Å². The number of hydrogen-bond acceptors (Lipinski definition) is 5. The fourth-order valence-corrected chi connectivity index (χ4v) is 3.39. The van der Waals surface area contributed by atoms with Crippen LogP contribution in [0.25, 0.3) is 0 Å². The Hall–Kier alpha value is -3.77. The standard InChI is InChI=1S/C26H25NO5/c1-31-24(21-11-7-4-8-12-21)25(29)27-22(26(30)32-2)17-18-13-15-20(16-14-18)23(28)19-9-5-3-6-10-19/h3-16,22,24H,17H2,1-2H3,(H,27,29)/t22-,24+/m0/s1. The van der Waals surface area contributed by atoms with Crippen LogP contribution in [0, 0.1) is 0 Å². The first-order chi connectivity index (χ1) is 15.5. The molecule has 6 nitrogen and oxygen atoms in total. The molecule has 164 valence electrons. The Morgan fingerprint density at radius 1 is 0.781 bits per heavy atom. The van der Waals surface area contributed by atoms with E-state index in [9.17, 15) is 14.4 Å². The molecular formula is C26H25NO5. The molecule has 3 aromatic carbocycles. The summed E-state index contributed by atoms with van der Waals surface area (Å²) in [5.41, 5.74) is 2.60. The molecule has 0 spiro atoms. The van der Waals surface area contributed by atoms with Crippen LogP contribution in [0.5, 0.6) is 0 Å². The fourth-order valence-electron chi connectivity index (χ4n) is 3.39. The van der Waals surface area contributed by atoms with Crippen LogP contribution in [0.2, 0.25) is 0 Å². The Bertz CT molecular complexity index is 1050. The van der Waals surface area contributed by atoms with Crippen molar-refractivity contribution in [2.24, 2.45) is 0 Å². The number of amides is 1. The highest BCUT2D eigenvalue weighted by molar-refractivity contribution is 6.08. The van der Waals surface area contributed by atoms with E-state index >= 15 is 0 Å². The maximum absolute atomic E-state index is 12.8. The molecular weight excluding hydrogens is 406 g/mol. The van der Waals surface area contributed by atoms with Gasteiger partial charge < -0.3 is 14.8 Å². The quantitative estimate of drug-likeness (QED) is 0.414. The minimum absolute atomic E-state index is 0.0826. The Kier molecular flexibility index (Phi) is 7.89. The normalized spacial score (nSPS) is 12.4. The molecule has 0 heterocycles. The summed E-state index contributed by atoms with van der Waals surface area (Å²) < 4.78 is 10.2. The van der Waals surface area contributed by atoms with E-state index in [-0.39, 0.29) is 12.2 Å². The fraction of sp³-hybridized carbons (Fsp3) is 0.192. The number of ketones is 1. The second-order valence-corrected chi connectivity index (χ2v) is 7.21. The van der Waals surface area contributed by atoms with Crippen molar-refractivity contribution < 1.29 is 23.9 Å². The first kappa shape index (κ1) is 22.9. The van der Waals surface area contributed by atoms with Crippen LogP contribution in [0.4, 0.5) is 0 Å². The number of nitrogens with one attached hydrogen (secondary N) is 1. The zero-order chi connectivity index (χ0) is 22.9. The van der Waals surface area contributed by atoms with Gasteiger partial charge in [0, 0.05) is 24.7 Å². The van der Waals surface area contributed by atoms with Crippen molar-refractivity contribution in [3.05, 3.63) is 107 Å². The monoisotopic (exact) mass is 431 g/mol. The zero-order valence-electron chi connectivity index (χ0n) is 18.0. The van der Waals surface area contributed by atoms with Crippen molar-refractivity contribution in [1.82, 2.24) is 5.32 Å². The van der Waals surface area contributed by atoms with Gasteiger partial charge in [0.05, 0.1) is 7.11 Å². The molecule has 0 aliphatic rings. The van der Waals surface area contributed by atoms with Crippen molar-refractivity contribution in [1.29, 1.82) is 0 Å². The second kappa shape index (κ2) is 11.0. The number of esters is 1. The third-order valence-corrected chi connectivity index (χ3v) is 5.07. The number of carbonyl (C=O) groups is 3. The Morgan fingerprint density at radius 2 is 1.34 bits per heavy atom. The van der Waals surface area contributed by atoms with Crippen LogP contribution in [0.15, 0.2) is 84.9 Å². The van der Waals surface area contributed by atoms with Gasteiger partial charge in [0.15, 0.2) is 11.9 Å². The van der Waals surface area contributed by atoms with E-state index in [2.05, 4.69) is 5.32 Å². The molecule has 2 atom stereocenters. The van der Waals surface area contributed by atoms with Gasteiger partial charge in [0.2, 0.25) is 0 Å². The Morgan fingerprint density at radius 3 is 1.91 bits per heavy atom. The molecule has 1 amide bonds. The third-order valence-electron chi connectivity index (χ3n) is 5.07. The number of benzene rings is 3. The first-order valence-electron chi connectivity index (χ1n) is 10.2. The van der Waals surface area contributed by atoms with Crippen molar-refractivity contribution >= 4 is 17.7 Å². The number of methoxy groups -OCH3 is 2. The predicted molar refractivity (Wildman–Crippen MR) is 120 cm³/mol. The minimum Gasteiger partial charge on any atom is -0.467 e. The molecule has 0 radical (unpaired) electrons. The van der Waals surface area contributed by atoms with Crippen LogP contribution >= 0.6 is 0 Å². The molecule has 0 saturated heterocycles. The average molecular weight is 431 g/mol. The van der Waals surface area contributed by atoms with Crippen LogP contribution in [0.1, 0.15) is 33.2 Å². The highest BCUT2D eigenvalue weighted by Gasteiger charge is 2.27. The van der Waals surface area contributed by atoms with Gasteiger partial charge in [-0.3, -0.25) is 9.59 Å². The highest BCUT2D eigenvalue weighted by atomic mass is 16.5. The third kappa shape index (κ3) is 5.68. The Labute approximate surface area is 187 Å². The second-order valence-electron chi connectivity index (χ2n) is 7.21. The van der Waals surface area contributed by atoms with Gasteiger partial charge in [-0.1, -0.05) is 84.9 Å². The molecule has 0 aromatic heterocycles. The minimum atomic E-state index is -0.899. The van der Waals surface area contributed by atoms with E-state index in [1.807, 2.05) is 36.4 Å². The summed E-state index contributed by atoms with van der Waals surface area (Å²) in [5, 5.41) is 2.72. The Balaban J connectivity index is 1.72. The van der Waals surface area contributed by atoms with Gasteiger partial charge in [-0.05, 0) is 11.1 Å². The summed E-state index contributed by atoms with van der Waals surface area (Å²) in [6.07, 6.45) is -0.641. The maximum atomic E-state index is 12.8. The number of ether oxygens (including phenoxy) is 2. The summed E-state index contributed by atoms with van der Waals surface area (Å²) in [5.74, 6) is -1.09. The van der Waals surface area contributed by atoms with Crippen molar-refractivity contribution in [2.45, 2.75) is 18.6 Å². The topological polar surface area (TPSA) is 81.7 Å². The summed E-state index contributed by atoms with van der Waals surface area (Å²) in [4.78, 5) is 37.7. The highest BCUT2D eigenvalue weighted by Crippen LogP contribution is 2.18. The summed E-state index contributed by atoms with van der Waals surface area (Å²) in [7, 11) is 2.71. The predicted octanol–water partition coefficient (Wildman–Crippen LogP) is 3.51. The molecule has 32 heavy (non-hydrogen) atoms. The van der Waals surface area contributed by atoms with Gasteiger partial charge in [-0.2, -0.15) is 0 Å². The molecule has 0 saturated carbocycles. The van der Waals surface area contributed by atoms with E-state index in [1.165, 1.54) is 14.2 Å². The largest absolute Gasteiger partial charge is 0.467 e. The van der Waals surface area contributed by atoms with E-state index in [4.69, 9.17) is 9.47 Å². The summed E-state index contributed by atoms with van der Waals surface area (Å²) in [6.45, 7) is 0. The molecule has 6 heteroatoms. The number of hydrogen-bond donors (Lipinski definition) is 1. The number of carbonyl (C=O) groups excluding carboxylic acids is 3. The molecule has 3 rings (SSSR count). The van der Waals surface area contributed by atoms with E-state index in [0.29, 0.717) is 16.7 Å². The molecule has 0 fully saturated rings. The maximum Gasteiger partial charge on any atom is 0.328 e. The molecule has 0 aliphatic heterocycles. The first-order valence-corrected chi connectivity index (χ1v) is 10.2. The molecule has 0 aliphatic carbocycles. The summed E-state index contributed by atoms with van der Waals surface area (Å²) >= 11 is 0. The van der Waals surface area contributed by atoms with Gasteiger partial charge in [-0.25, -0.2) is 4.79 Å². The summed E-state index contributed by atoms with van der Waals surface area (Å²) in [6, 6.07) is 24.1. The lowest BCUT2D eigenvalue weighted by atomic mass is 9.99. The van der Waals surface area contributed by atoms with Crippen molar-refractivity contribution in [2.75, 3.05) is 14.2 Å². The van der Waals surface area contributed by atoms with Gasteiger partial charge in [-0.15, -0.1) is 0 Å². The molecule has 0 unspecified atom stereocenters. The van der Waals surface area contributed by atoms with Gasteiger partial charge in [0.25, 0.3) is 5.91 Å². The van der Waals surface area contributed by atoms with E-state index in [0.717, 1.165) is 5.56 Å². The van der Waals surface area contributed by atoms with Crippen molar-refractivity contribution in [3.63, 3.8) is 0 Å². The SMILES string of the molecule is COC(=O)[C@H](Cc1ccc(C(=O)c2ccccc2)cc1)NC(=O)[C@H](OC)c1ccccc1.